The van der Waals surface area contributed by atoms with Crippen molar-refractivity contribution in [1.82, 2.24) is 20.0 Å². The van der Waals surface area contributed by atoms with Gasteiger partial charge in [-0.25, -0.2) is 27.5 Å². The number of aliphatic hydroxyl groups excluding tert-OH is 1. The third kappa shape index (κ3) is 6.02. The van der Waals surface area contributed by atoms with Gasteiger partial charge in [0.1, 0.15) is 12.1 Å². The van der Waals surface area contributed by atoms with Gasteiger partial charge in [0.25, 0.3) is 0 Å². The zero-order valence-corrected chi connectivity index (χ0v) is 16.9. The highest BCUT2D eigenvalue weighted by molar-refractivity contribution is 7.89. The molecule has 1 aliphatic rings. The van der Waals surface area contributed by atoms with Crippen molar-refractivity contribution in [2.75, 3.05) is 6.61 Å². The molecule has 1 aromatic carbocycles. The van der Waals surface area contributed by atoms with Crippen LogP contribution in [0.3, 0.4) is 0 Å². The van der Waals surface area contributed by atoms with Crippen LogP contribution in [0.15, 0.2) is 47.8 Å². The first-order chi connectivity index (χ1) is 14.4. The van der Waals surface area contributed by atoms with Crippen molar-refractivity contribution >= 4 is 15.9 Å². The Morgan fingerprint density at radius 3 is 2.67 bits per heavy atom. The highest BCUT2D eigenvalue weighted by Gasteiger charge is 2.34. The number of ether oxygens (including phenoxy) is 1. The molecule has 3 atom stereocenters. The van der Waals surface area contributed by atoms with E-state index in [4.69, 9.17) is 4.74 Å². The molecule has 2 heterocycles. The van der Waals surface area contributed by atoms with Crippen molar-refractivity contribution in [3.63, 3.8) is 0 Å². The minimum absolute atomic E-state index is 0.0770. The van der Waals surface area contributed by atoms with Gasteiger partial charge in [0.15, 0.2) is 0 Å². The molecule has 0 radical (unpaired) electrons. The van der Waals surface area contributed by atoms with Gasteiger partial charge < -0.3 is 15.2 Å². The summed E-state index contributed by atoms with van der Waals surface area (Å²) in [7, 11) is -3.90. The quantitative estimate of drug-likeness (QED) is 0.547. The van der Waals surface area contributed by atoms with E-state index in [1.807, 2.05) is 0 Å². The van der Waals surface area contributed by atoms with E-state index in [1.165, 1.54) is 18.5 Å². The molecular formula is C19H23FN4O5S. The average Bonchev–Trinajstić information content (AvgIpc) is 2.74. The van der Waals surface area contributed by atoms with E-state index in [1.54, 1.807) is 12.3 Å². The van der Waals surface area contributed by atoms with Gasteiger partial charge in [-0.1, -0.05) is 0 Å². The van der Waals surface area contributed by atoms with E-state index < -0.39 is 40.7 Å². The zero-order valence-electron chi connectivity index (χ0n) is 16.1. The monoisotopic (exact) mass is 438 g/mol. The van der Waals surface area contributed by atoms with Crippen LogP contribution in [0.5, 0.6) is 0 Å². The first-order valence-corrected chi connectivity index (χ1v) is 10.9. The summed E-state index contributed by atoms with van der Waals surface area (Å²) in [5.74, 6) is -0.773. The smallest absolute Gasteiger partial charge is 0.240 e. The molecule has 162 valence electrons. The van der Waals surface area contributed by atoms with Gasteiger partial charge in [-0.15, -0.1) is 0 Å². The number of nitrogens with zero attached hydrogens (tertiary/aromatic N) is 2. The number of aliphatic hydroxyl groups is 1. The number of amides is 1. The molecule has 3 rings (SSSR count). The van der Waals surface area contributed by atoms with Crippen LogP contribution >= 0.6 is 0 Å². The predicted octanol–water partition coefficient (Wildman–Crippen LogP) is 0.509. The molecule has 0 saturated carbocycles. The van der Waals surface area contributed by atoms with Gasteiger partial charge in [-0.3, -0.25) is 4.79 Å². The lowest BCUT2D eigenvalue weighted by molar-refractivity contribution is -0.130. The van der Waals surface area contributed by atoms with Gasteiger partial charge in [-0.2, -0.15) is 0 Å². The molecule has 0 unspecified atom stereocenters. The number of carbonyl (C=O) groups is 1. The third-order valence-corrected chi connectivity index (χ3v) is 6.25. The van der Waals surface area contributed by atoms with Gasteiger partial charge in [-0.05, 0) is 43.2 Å². The highest BCUT2D eigenvalue weighted by atomic mass is 32.2. The second-order valence-corrected chi connectivity index (χ2v) is 8.63. The molecule has 9 nitrogen and oxygen atoms in total. The molecule has 1 fully saturated rings. The maximum atomic E-state index is 13.0. The predicted molar refractivity (Wildman–Crippen MR) is 104 cm³/mol. The number of sulfonamides is 1. The number of carbonyl (C=O) groups excluding carboxylic acids is 1. The third-order valence-electron chi connectivity index (χ3n) is 4.75. The van der Waals surface area contributed by atoms with Gasteiger partial charge in [0.2, 0.25) is 15.9 Å². The van der Waals surface area contributed by atoms with Crippen molar-refractivity contribution in [3.8, 4) is 0 Å². The lowest BCUT2D eigenvalue weighted by atomic mass is 9.98. The number of nitrogens with one attached hydrogen (secondary N) is 2. The van der Waals surface area contributed by atoms with Crippen LogP contribution < -0.4 is 10.0 Å². The summed E-state index contributed by atoms with van der Waals surface area (Å²) in [5.41, 5.74) is 0.673. The Labute approximate surface area is 173 Å². The summed E-state index contributed by atoms with van der Waals surface area (Å²) in [4.78, 5) is 19.9. The lowest BCUT2D eigenvalue weighted by Crippen LogP contribution is -2.51. The van der Waals surface area contributed by atoms with Crippen LogP contribution in [0.4, 0.5) is 4.39 Å². The molecule has 1 aromatic heterocycles. The van der Waals surface area contributed by atoms with Gasteiger partial charge in [0, 0.05) is 6.20 Å². The van der Waals surface area contributed by atoms with Crippen LogP contribution in [0.25, 0.3) is 0 Å². The number of hydrogen-bond acceptors (Lipinski definition) is 7. The Bertz CT molecular complexity index is 943. The number of rotatable bonds is 8. The normalized spacial score (nSPS) is 21.9. The first-order valence-electron chi connectivity index (χ1n) is 9.43. The first kappa shape index (κ1) is 22.2. The van der Waals surface area contributed by atoms with Crippen LogP contribution in [-0.4, -0.2) is 54.3 Å². The van der Waals surface area contributed by atoms with E-state index in [-0.39, 0.29) is 23.8 Å². The van der Waals surface area contributed by atoms with E-state index in [2.05, 4.69) is 20.0 Å². The SMILES string of the molecule is O=C(C[C@H]1CC[C@H](NS(=O)(=O)c2ccc(F)cc2)[C@H](CO)O1)NCc1ccncn1. The summed E-state index contributed by atoms with van der Waals surface area (Å²) in [6.45, 7) is -0.146. The van der Waals surface area contributed by atoms with E-state index >= 15 is 0 Å². The zero-order chi connectivity index (χ0) is 21.6. The van der Waals surface area contributed by atoms with E-state index in [0.29, 0.717) is 18.5 Å². The molecule has 1 aliphatic heterocycles. The molecule has 0 aliphatic carbocycles. The minimum atomic E-state index is -3.90. The summed E-state index contributed by atoms with van der Waals surface area (Å²) in [5, 5.41) is 12.4. The van der Waals surface area contributed by atoms with Crippen LogP contribution in [-0.2, 0) is 26.1 Å². The molecule has 2 aromatic rings. The standard InChI is InChI=1S/C19H23FN4O5S/c20-13-1-4-16(5-2-13)30(27,28)24-17-6-3-15(29-18(17)11-25)9-19(26)22-10-14-7-8-21-12-23-14/h1-2,4-5,7-8,12,15,17-18,24-25H,3,6,9-11H2,(H,22,26)/t15-,17+,18+/m1/s1. The van der Waals surface area contributed by atoms with Crippen LogP contribution in [0.2, 0.25) is 0 Å². The minimum Gasteiger partial charge on any atom is -0.394 e. The van der Waals surface area contributed by atoms with Crippen molar-refractivity contribution in [2.45, 2.75) is 49.0 Å². The molecule has 1 saturated heterocycles. The second kappa shape index (κ2) is 10.0. The Hall–Kier alpha value is -2.47. The Balaban J connectivity index is 1.53. The van der Waals surface area contributed by atoms with Crippen molar-refractivity contribution in [1.29, 1.82) is 0 Å². The number of hydrogen-bond donors (Lipinski definition) is 3. The van der Waals surface area contributed by atoms with Crippen LogP contribution in [0.1, 0.15) is 25.0 Å². The molecule has 11 heteroatoms. The fraction of sp³-hybridized carbons (Fsp3) is 0.421. The summed E-state index contributed by atoms with van der Waals surface area (Å²) in [6.07, 6.45) is 2.64. The molecule has 0 bridgehead atoms. The Morgan fingerprint density at radius 2 is 2.00 bits per heavy atom. The number of benzene rings is 1. The number of aromatic nitrogens is 2. The summed E-state index contributed by atoms with van der Waals surface area (Å²) >= 11 is 0. The van der Waals surface area contributed by atoms with Crippen molar-refractivity contribution < 1.29 is 27.4 Å². The molecule has 3 N–H and O–H groups in total. The van der Waals surface area contributed by atoms with Gasteiger partial charge in [0.05, 0.1) is 48.4 Å². The second-order valence-electron chi connectivity index (χ2n) is 6.92. The maximum Gasteiger partial charge on any atom is 0.240 e. The fourth-order valence-electron chi connectivity index (χ4n) is 3.19. The van der Waals surface area contributed by atoms with E-state index in [9.17, 15) is 22.7 Å². The number of halogens is 1. The van der Waals surface area contributed by atoms with E-state index in [0.717, 1.165) is 12.1 Å². The molecule has 0 spiro atoms. The Morgan fingerprint density at radius 1 is 1.23 bits per heavy atom. The molecule has 30 heavy (non-hydrogen) atoms. The van der Waals surface area contributed by atoms with Crippen molar-refractivity contribution in [2.24, 2.45) is 0 Å². The Kier molecular flexibility index (Phi) is 7.43. The molecular weight excluding hydrogens is 415 g/mol. The van der Waals surface area contributed by atoms with Crippen LogP contribution in [0, 0.1) is 5.82 Å². The highest BCUT2D eigenvalue weighted by Crippen LogP contribution is 2.23. The maximum absolute atomic E-state index is 13.0. The summed E-state index contributed by atoms with van der Waals surface area (Å²) < 4.78 is 46.3. The van der Waals surface area contributed by atoms with Crippen molar-refractivity contribution in [3.05, 3.63) is 54.4 Å². The topological polar surface area (TPSA) is 131 Å². The summed E-state index contributed by atoms with van der Waals surface area (Å²) in [6, 6.07) is 5.49. The largest absolute Gasteiger partial charge is 0.394 e. The van der Waals surface area contributed by atoms with Gasteiger partial charge >= 0.3 is 0 Å². The molecule has 1 amide bonds. The lowest BCUT2D eigenvalue weighted by Gasteiger charge is -2.35. The average molecular weight is 438 g/mol. The fourth-order valence-corrected chi connectivity index (χ4v) is 4.49.